The normalized spacial score (nSPS) is 14.7. The summed E-state index contributed by atoms with van der Waals surface area (Å²) in [7, 11) is 0. The summed E-state index contributed by atoms with van der Waals surface area (Å²) in [5.74, 6) is 0.855. The molecule has 0 saturated carbocycles. The number of benzene rings is 5. The van der Waals surface area contributed by atoms with Crippen molar-refractivity contribution >= 4 is 38.4 Å². The number of fused-ring (bicyclic) bond motifs is 1. The first-order valence-electron chi connectivity index (χ1n) is 13.6. The topological polar surface area (TPSA) is 37.3 Å². The van der Waals surface area contributed by atoms with E-state index in [9.17, 15) is 0 Å². The third kappa shape index (κ3) is 5.22. The zero-order chi connectivity index (χ0) is 27.6. The van der Waals surface area contributed by atoms with E-state index in [-0.39, 0.29) is 6.04 Å². The fourth-order valence-electron chi connectivity index (χ4n) is 5.37. The molecule has 0 spiro atoms. The van der Waals surface area contributed by atoms with Crippen LogP contribution in [0.4, 0.5) is 0 Å². The molecule has 0 radical (unpaired) electrons. The molecule has 1 aliphatic heterocycles. The predicted molar refractivity (Wildman–Crippen MR) is 174 cm³/mol. The van der Waals surface area contributed by atoms with Crippen LogP contribution in [0.25, 0.3) is 38.9 Å². The molecule has 1 aromatic heterocycles. The minimum Gasteiger partial charge on any atom is -0.359 e. The standard InChI is InChI=1S/C37H26BrN3/c38-32-22-30(33-15-7-13-28-14-8-20-39-36(28)33)21-31(23-32)35-24-34(40-37(41-35)29-11-5-2-6-12-29)27-18-16-26(17-19-27)25-9-3-1-4-10-25/h1-24,35H,(H,40,41). The molecule has 41 heavy (non-hydrogen) atoms. The van der Waals surface area contributed by atoms with Gasteiger partial charge in [0.05, 0.1) is 17.3 Å². The lowest BCUT2D eigenvalue weighted by atomic mass is 9.95. The second-order valence-corrected chi connectivity index (χ2v) is 11.0. The van der Waals surface area contributed by atoms with Crippen LogP contribution in [0.2, 0.25) is 0 Å². The summed E-state index contributed by atoms with van der Waals surface area (Å²) in [4.78, 5) is 9.79. The van der Waals surface area contributed by atoms with Gasteiger partial charge in [0.2, 0.25) is 0 Å². The summed E-state index contributed by atoms with van der Waals surface area (Å²) in [6.45, 7) is 0. The zero-order valence-corrected chi connectivity index (χ0v) is 23.8. The Balaban J connectivity index is 1.31. The molecule has 4 heteroatoms. The van der Waals surface area contributed by atoms with Gasteiger partial charge in [0.15, 0.2) is 0 Å². The number of aromatic nitrogens is 1. The van der Waals surface area contributed by atoms with Crippen LogP contribution in [0, 0.1) is 0 Å². The maximum atomic E-state index is 5.09. The van der Waals surface area contributed by atoms with E-state index >= 15 is 0 Å². The van der Waals surface area contributed by atoms with Gasteiger partial charge in [0.25, 0.3) is 0 Å². The maximum Gasteiger partial charge on any atom is 0.134 e. The van der Waals surface area contributed by atoms with E-state index in [0.717, 1.165) is 54.7 Å². The first-order valence-corrected chi connectivity index (χ1v) is 14.4. The van der Waals surface area contributed by atoms with Gasteiger partial charge in [-0.25, -0.2) is 4.99 Å². The molecule has 0 fully saturated rings. The van der Waals surface area contributed by atoms with Crippen LogP contribution in [-0.2, 0) is 0 Å². The summed E-state index contributed by atoms with van der Waals surface area (Å²) in [6, 6.07) is 46.4. The van der Waals surface area contributed by atoms with E-state index in [0.29, 0.717) is 0 Å². The molecule has 0 amide bonds. The van der Waals surface area contributed by atoms with Crippen LogP contribution >= 0.6 is 15.9 Å². The van der Waals surface area contributed by atoms with Gasteiger partial charge >= 0.3 is 0 Å². The highest BCUT2D eigenvalue weighted by Gasteiger charge is 2.21. The minimum absolute atomic E-state index is 0.0781. The van der Waals surface area contributed by atoms with Crippen LogP contribution < -0.4 is 5.32 Å². The molecule has 0 saturated heterocycles. The maximum absolute atomic E-state index is 5.09. The van der Waals surface area contributed by atoms with Crippen LogP contribution in [0.5, 0.6) is 0 Å². The second kappa shape index (κ2) is 11.0. The van der Waals surface area contributed by atoms with Gasteiger partial charge in [-0.1, -0.05) is 125 Å². The summed E-state index contributed by atoms with van der Waals surface area (Å²) in [6.07, 6.45) is 4.07. The first-order chi connectivity index (χ1) is 20.2. The monoisotopic (exact) mass is 591 g/mol. The lowest BCUT2D eigenvalue weighted by Crippen LogP contribution is -2.31. The molecule has 1 N–H and O–H groups in total. The Labute approximate surface area is 248 Å². The molecule has 0 bridgehead atoms. The van der Waals surface area contributed by atoms with Crippen molar-refractivity contribution in [3.63, 3.8) is 0 Å². The largest absolute Gasteiger partial charge is 0.359 e. The smallest absolute Gasteiger partial charge is 0.134 e. The number of para-hydroxylation sites is 1. The van der Waals surface area contributed by atoms with Crippen LogP contribution in [0.15, 0.2) is 155 Å². The van der Waals surface area contributed by atoms with E-state index in [4.69, 9.17) is 9.98 Å². The second-order valence-electron chi connectivity index (χ2n) is 10.1. The Morgan fingerprint density at radius 3 is 2.05 bits per heavy atom. The van der Waals surface area contributed by atoms with Gasteiger partial charge in [-0.05, 0) is 58.2 Å². The van der Waals surface area contributed by atoms with E-state index in [2.05, 4.69) is 130 Å². The average molecular weight is 593 g/mol. The zero-order valence-electron chi connectivity index (χ0n) is 22.2. The van der Waals surface area contributed by atoms with E-state index in [1.165, 1.54) is 11.1 Å². The number of nitrogens with one attached hydrogen (secondary N) is 1. The fraction of sp³-hybridized carbons (Fsp3) is 0.0270. The van der Waals surface area contributed by atoms with Crippen molar-refractivity contribution in [3.8, 4) is 22.3 Å². The van der Waals surface area contributed by atoms with Crippen LogP contribution in [0.3, 0.4) is 0 Å². The summed E-state index contributed by atoms with van der Waals surface area (Å²) < 4.78 is 1.02. The minimum atomic E-state index is -0.0781. The van der Waals surface area contributed by atoms with Gasteiger partial charge in [0.1, 0.15) is 5.84 Å². The van der Waals surface area contributed by atoms with Crippen LogP contribution in [-0.4, -0.2) is 10.8 Å². The third-order valence-corrected chi connectivity index (χ3v) is 7.86. The highest BCUT2D eigenvalue weighted by atomic mass is 79.9. The van der Waals surface area contributed by atoms with Gasteiger partial charge in [-0.3, -0.25) is 4.98 Å². The molecule has 1 aliphatic rings. The van der Waals surface area contributed by atoms with Crippen LogP contribution in [0.1, 0.15) is 22.7 Å². The molecule has 1 unspecified atom stereocenters. The molecule has 0 aliphatic carbocycles. The van der Waals surface area contributed by atoms with Crippen molar-refractivity contribution in [1.82, 2.24) is 10.3 Å². The Hall–Kier alpha value is -4.80. The van der Waals surface area contributed by atoms with Gasteiger partial charge in [0, 0.05) is 27.2 Å². The molecule has 196 valence electrons. The van der Waals surface area contributed by atoms with Crippen molar-refractivity contribution < 1.29 is 0 Å². The van der Waals surface area contributed by atoms with Crippen molar-refractivity contribution in [2.45, 2.75) is 6.04 Å². The molecular formula is C37H26BrN3. The van der Waals surface area contributed by atoms with Gasteiger partial charge in [-0.2, -0.15) is 0 Å². The molecule has 3 nitrogen and oxygen atoms in total. The Bertz CT molecular complexity index is 1900. The Kier molecular flexibility index (Phi) is 6.75. The summed E-state index contributed by atoms with van der Waals surface area (Å²) >= 11 is 3.79. The number of nitrogens with zero attached hydrogens (tertiary/aromatic N) is 2. The number of hydrogen-bond donors (Lipinski definition) is 1. The number of amidine groups is 1. The van der Waals surface area contributed by atoms with E-state index in [1.54, 1.807) is 0 Å². The van der Waals surface area contributed by atoms with Gasteiger partial charge < -0.3 is 5.32 Å². The lowest BCUT2D eigenvalue weighted by Gasteiger charge is -2.25. The molecule has 1 atom stereocenters. The molecular weight excluding hydrogens is 566 g/mol. The SMILES string of the molecule is Brc1cc(-c2cccc3cccnc23)cc(C2C=C(c3ccc(-c4ccccc4)cc3)N=C(c3ccccc3)N2)c1. The lowest BCUT2D eigenvalue weighted by molar-refractivity contribution is 0.780. The third-order valence-electron chi connectivity index (χ3n) is 7.41. The highest BCUT2D eigenvalue weighted by Crippen LogP contribution is 2.35. The number of aliphatic imine (C=N–C) groups is 1. The van der Waals surface area contributed by atoms with Crippen molar-refractivity contribution in [2.24, 2.45) is 4.99 Å². The van der Waals surface area contributed by atoms with Crippen molar-refractivity contribution in [1.29, 1.82) is 0 Å². The summed E-state index contributed by atoms with van der Waals surface area (Å²) in [5.41, 5.74) is 9.84. The number of rotatable bonds is 5. The number of pyridine rings is 1. The summed E-state index contributed by atoms with van der Waals surface area (Å²) in [5, 5.41) is 4.83. The van der Waals surface area contributed by atoms with Gasteiger partial charge in [-0.15, -0.1) is 0 Å². The Morgan fingerprint density at radius 2 is 1.27 bits per heavy atom. The van der Waals surface area contributed by atoms with E-state index in [1.807, 2.05) is 36.5 Å². The van der Waals surface area contributed by atoms with Crippen molar-refractivity contribution in [3.05, 3.63) is 167 Å². The first kappa shape index (κ1) is 25.2. The number of halogens is 1. The van der Waals surface area contributed by atoms with E-state index < -0.39 is 0 Å². The fourth-order valence-corrected chi connectivity index (χ4v) is 5.88. The quantitative estimate of drug-likeness (QED) is 0.217. The average Bonchev–Trinajstić information content (AvgIpc) is 3.05. The molecule has 2 heterocycles. The molecule has 5 aromatic carbocycles. The predicted octanol–water partition coefficient (Wildman–Crippen LogP) is 9.46. The van der Waals surface area contributed by atoms with Crippen molar-refractivity contribution in [2.75, 3.05) is 0 Å². The number of hydrogen-bond acceptors (Lipinski definition) is 3. The Morgan fingerprint density at radius 1 is 0.585 bits per heavy atom. The molecule has 6 aromatic rings. The highest BCUT2D eigenvalue weighted by molar-refractivity contribution is 9.10. The molecule has 7 rings (SSSR count).